The minimum absolute atomic E-state index is 0.0559. The summed E-state index contributed by atoms with van der Waals surface area (Å²) in [6.07, 6.45) is 5.53. The Morgan fingerprint density at radius 1 is 1.12 bits per heavy atom. The van der Waals surface area contributed by atoms with Crippen molar-refractivity contribution in [3.63, 3.8) is 0 Å². The van der Waals surface area contributed by atoms with E-state index in [0.717, 1.165) is 16.3 Å². The fourth-order valence-electron chi connectivity index (χ4n) is 1.34. The van der Waals surface area contributed by atoms with Crippen molar-refractivity contribution in [2.45, 2.75) is 56.7 Å². The van der Waals surface area contributed by atoms with Gasteiger partial charge in [0.05, 0.1) is 5.56 Å². The smallest absolute Gasteiger partial charge is 0.112 e. The minimum Gasteiger partial charge on any atom is -0.245 e. The molecule has 0 bridgehead atoms. The lowest BCUT2D eigenvalue weighted by Crippen LogP contribution is -2.15. The number of aromatic nitrogens is 1. The average molecular weight is 247 g/mol. The molecular weight excluding hydrogens is 226 g/mol. The first kappa shape index (κ1) is 14.1. The zero-order chi connectivity index (χ0) is 13.3. The third-order valence-corrected chi connectivity index (χ3v) is 3.30. The number of nitrogens with zero attached hydrogens (tertiary/aromatic N) is 1. The molecule has 0 atom stereocenters. The van der Waals surface area contributed by atoms with E-state index in [-0.39, 0.29) is 10.2 Å². The largest absolute Gasteiger partial charge is 0.245 e. The van der Waals surface area contributed by atoms with Crippen LogP contribution in [0.3, 0.4) is 0 Å². The summed E-state index contributed by atoms with van der Waals surface area (Å²) in [5, 5.41) is 0.965. The molecule has 2 heteroatoms. The molecule has 1 aromatic rings. The average Bonchev–Trinajstić information content (AvgIpc) is 2.13. The van der Waals surface area contributed by atoms with Gasteiger partial charge in [0.15, 0.2) is 0 Å². The molecule has 0 saturated heterocycles. The molecule has 1 heterocycles. The molecule has 1 aromatic heterocycles. The molecule has 0 aliphatic rings. The van der Waals surface area contributed by atoms with Gasteiger partial charge in [0.25, 0.3) is 0 Å². The highest BCUT2D eigenvalue weighted by atomic mass is 32.2. The molecule has 17 heavy (non-hydrogen) atoms. The van der Waals surface area contributed by atoms with E-state index in [9.17, 15) is 0 Å². The summed E-state index contributed by atoms with van der Waals surface area (Å²) in [5.74, 6) is 2.71. The van der Waals surface area contributed by atoms with Gasteiger partial charge < -0.3 is 0 Å². The van der Waals surface area contributed by atoms with Crippen LogP contribution < -0.4 is 0 Å². The van der Waals surface area contributed by atoms with Crippen LogP contribution in [0.5, 0.6) is 0 Å². The van der Waals surface area contributed by atoms with E-state index in [1.165, 1.54) is 0 Å². The van der Waals surface area contributed by atoms with Crippen LogP contribution in [0.2, 0.25) is 0 Å². The summed E-state index contributed by atoms with van der Waals surface area (Å²) in [6.45, 7) is 13.0. The standard InChI is InChI=1S/C15H21NS/c1-8-11-9-10-12(14(2,3)4)16-13(11)17-15(5,6)7/h1,9-10H,2-7H3. The summed E-state index contributed by atoms with van der Waals surface area (Å²) in [6, 6.07) is 4.03. The second kappa shape index (κ2) is 4.74. The Labute approximate surface area is 109 Å². The van der Waals surface area contributed by atoms with Crippen molar-refractivity contribution in [3.05, 3.63) is 23.4 Å². The minimum atomic E-state index is 0.0559. The molecule has 1 rings (SSSR count). The van der Waals surface area contributed by atoms with E-state index < -0.39 is 0 Å². The summed E-state index contributed by atoms with van der Waals surface area (Å²) >= 11 is 1.73. The Hall–Kier alpha value is -0.940. The van der Waals surface area contributed by atoms with Crippen LogP contribution in [0.4, 0.5) is 0 Å². The first-order chi connectivity index (χ1) is 7.63. The zero-order valence-corrected chi connectivity index (χ0v) is 12.4. The molecule has 0 unspecified atom stereocenters. The molecule has 92 valence electrons. The van der Waals surface area contributed by atoms with Gasteiger partial charge in [-0.3, -0.25) is 0 Å². The van der Waals surface area contributed by atoms with Crippen molar-refractivity contribution in [1.82, 2.24) is 4.98 Å². The molecule has 0 fully saturated rings. The first-order valence-electron chi connectivity index (χ1n) is 5.80. The van der Waals surface area contributed by atoms with E-state index in [2.05, 4.69) is 47.5 Å². The maximum Gasteiger partial charge on any atom is 0.112 e. The third kappa shape index (κ3) is 4.09. The Morgan fingerprint density at radius 3 is 2.12 bits per heavy atom. The molecule has 0 N–H and O–H groups in total. The van der Waals surface area contributed by atoms with Gasteiger partial charge in [-0.25, -0.2) is 4.98 Å². The van der Waals surface area contributed by atoms with Crippen LogP contribution >= 0.6 is 11.8 Å². The quantitative estimate of drug-likeness (QED) is 0.543. The van der Waals surface area contributed by atoms with Gasteiger partial charge in [-0.15, -0.1) is 6.42 Å². The van der Waals surface area contributed by atoms with E-state index >= 15 is 0 Å². The van der Waals surface area contributed by atoms with Crippen LogP contribution in [0.15, 0.2) is 17.2 Å². The Bertz CT molecular complexity index is 441. The molecular formula is C15H21NS. The SMILES string of the molecule is C#Cc1ccc(C(C)(C)C)nc1SC(C)(C)C. The summed E-state index contributed by atoms with van der Waals surface area (Å²) in [7, 11) is 0. The molecule has 0 amide bonds. The lowest BCUT2D eigenvalue weighted by atomic mass is 9.91. The number of pyridine rings is 1. The maximum atomic E-state index is 5.53. The van der Waals surface area contributed by atoms with Gasteiger partial charge in [-0.2, -0.15) is 0 Å². The molecule has 0 aromatic carbocycles. The maximum absolute atomic E-state index is 5.53. The van der Waals surface area contributed by atoms with Gasteiger partial charge >= 0.3 is 0 Å². The third-order valence-electron chi connectivity index (χ3n) is 2.19. The van der Waals surface area contributed by atoms with E-state index in [1.807, 2.05) is 12.1 Å². The van der Waals surface area contributed by atoms with Gasteiger partial charge in [-0.05, 0) is 12.1 Å². The topological polar surface area (TPSA) is 12.9 Å². The molecule has 0 spiro atoms. The highest BCUT2D eigenvalue weighted by molar-refractivity contribution is 8.00. The molecule has 0 saturated carbocycles. The van der Waals surface area contributed by atoms with Crippen molar-refractivity contribution < 1.29 is 0 Å². The van der Waals surface area contributed by atoms with Gasteiger partial charge in [0.2, 0.25) is 0 Å². The highest BCUT2D eigenvalue weighted by Crippen LogP contribution is 2.34. The summed E-state index contributed by atoms with van der Waals surface area (Å²) < 4.78 is 0.120. The number of rotatable bonds is 1. The van der Waals surface area contributed by atoms with Gasteiger partial charge in [-0.1, -0.05) is 59.2 Å². The Balaban J connectivity index is 3.22. The predicted octanol–water partition coefficient (Wildman–Crippen LogP) is 4.25. The van der Waals surface area contributed by atoms with Crippen LogP contribution in [-0.4, -0.2) is 9.73 Å². The van der Waals surface area contributed by atoms with Gasteiger partial charge in [0, 0.05) is 15.9 Å². The molecule has 0 radical (unpaired) electrons. The first-order valence-corrected chi connectivity index (χ1v) is 6.62. The monoisotopic (exact) mass is 247 g/mol. The molecule has 1 nitrogen and oxygen atoms in total. The second-order valence-corrected chi connectivity index (χ2v) is 7.97. The molecule has 0 aliphatic heterocycles. The Morgan fingerprint density at radius 2 is 1.71 bits per heavy atom. The lowest BCUT2D eigenvalue weighted by Gasteiger charge is -2.22. The fourth-order valence-corrected chi connectivity index (χ4v) is 2.30. The van der Waals surface area contributed by atoms with E-state index in [1.54, 1.807) is 11.8 Å². The lowest BCUT2D eigenvalue weighted by molar-refractivity contribution is 0.562. The summed E-state index contributed by atoms with van der Waals surface area (Å²) in [4.78, 5) is 4.72. The predicted molar refractivity (Wildman–Crippen MR) is 76.5 cm³/mol. The van der Waals surface area contributed by atoms with Crippen LogP contribution in [0.25, 0.3) is 0 Å². The van der Waals surface area contributed by atoms with Crippen molar-refractivity contribution >= 4 is 11.8 Å². The van der Waals surface area contributed by atoms with E-state index in [4.69, 9.17) is 11.4 Å². The number of hydrogen-bond donors (Lipinski definition) is 0. The second-order valence-electron chi connectivity index (χ2n) is 6.16. The number of thioether (sulfide) groups is 1. The van der Waals surface area contributed by atoms with Crippen LogP contribution in [-0.2, 0) is 5.41 Å². The van der Waals surface area contributed by atoms with Crippen LogP contribution in [0.1, 0.15) is 52.8 Å². The van der Waals surface area contributed by atoms with Crippen molar-refractivity contribution in [3.8, 4) is 12.3 Å². The highest BCUT2D eigenvalue weighted by Gasteiger charge is 2.20. The summed E-state index contributed by atoms with van der Waals surface area (Å²) in [5.41, 5.74) is 2.03. The van der Waals surface area contributed by atoms with Crippen molar-refractivity contribution in [2.24, 2.45) is 0 Å². The van der Waals surface area contributed by atoms with E-state index in [0.29, 0.717) is 0 Å². The zero-order valence-electron chi connectivity index (χ0n) is 11.6. The van der Waals surface area contributed by atoms with Crippen LogP contribution in [0, 0.1) is 12.3 Å². The number of terminal acetylenes is 1. The number of hydrogen-bond acceptors (Lipinski definition) is 2. The fraction of sp³-hybridized carbons (Fsp3) is 0.533. The van der Waals surface area contributed by atoms with Crippen molar-refractivity contribution in [1.29, 1.82) is 0 Å². The molecule has 0 aliphatic carbocycles. The normalized spacial score (nSPS) is 12.3. The Kier molecular flexibility index (Phi) is 3.94. The van der Waals surface area contributed by atoms with Crippen molar-refractivity contribution in [2.75, 3.05) is 0 Å². The van der Waals surface area contributed by atoms with Gasteiger partial charge in [0.1, 0.15) is 5.03 Å².